The molecule has 5 aromatic carbocycles. The third-order valence-electron chi connectivity index (χ3n) is 4.36. The van der Waals surface area contributed by atoms with Crippen LogP contribution < -0.4 is 35.2 Å². The van der Waals surface area contributed by atoms with Gasteiger partial charge >= 0.3 is 26.2 Å². The van der Waals surface area contributed by atoms with Crippen molar-refractivity contribution in [2.45, 2.75) is 0 Å². The summed E-state index contributed by atoms with van der Waals surface area (Å²) in [7, 11) is 0.777. The van der Waals surface area contributed by atoms with Crippen molar-refractivity contribution < 1.29 is 51.0 Å². The Morgan fingerprint density at radius 3 is 1.21 bits per heavy atom. The first-order valence-corrected chi connectivity index (χ1v) is 9.80. The molecule has 0 nitrogen and oxygen atoms in total. The van der Waals surface area contributed by atoms with Gasteiger partial charge in [0.2, 0.25) is 0 Å². The van der Waals surface area contributed by atoms with Crippen LogP contribution in [0.5, 0.6) is 0 Å². The SMILES string of the molecule is [Cl-].[Cl-].[Zr+3].c1ccc([Si]c2ccccc2)cc1.c1ccc2c(c1)[cH-]c1ccccc12. The van der Waals surface area contributed by atoms with Gasteiger partial charge in [-0.3, -0.25) is 0 Å². The second-order valence-corrected chi connectivity index (χ2v) is 7.58. The zero-order valence-electron chi connectivity index (χ0n) is 15.7. The topological polar surface area (TPSA) is 0 Å². The minimum absolute atomic E-state index is 0. The summed E-state index contributed by atoms with van der Waals surface area (Å²) in [4.78, 5) is 0. The molecule has 3 radical (unpaired) electrons. The third-order valence-corrected chi connectivity index (χ3v) is 5.60. The van der Waals surface area contributed by atoms with Gasteiger partial charge in [0, 0.05) is 0 Å². The molecule has 0 fully saturated rings. The summed E-state index contributed by atoms with van der Waals surface area (Å²) in [6.45, 7) is 0. The Bertz CT molecular complexity index is 1020. The molecule has 0 atom stereocenters. The van der Waals surface area contributed by atoms with Gasteiger partial charge in [0.15, 0.2) is 0 Å². The van der Waals surface area contributed by atoms with Crippen molar-refractivity contribution in [2.75, 3.05) is 0 Å². The van der Waals surface area contributed by atoms with Crippen LogP contribution >= 0.6 is 0 Å². The molecule has 4 heteroatoms. The van der Waals surface area contributed by atoms with E-state index in [4.69, 9.17) is 0 Å². The van der Waals surface area contributed by atoms with Gasteiger partial charge in [0.1, 0.15) is 9.52 Å². The zero-order chi connectivity index (χ0) is 17.6. The minimum Gasteiger partial charge on any atom is -1.00 e. The summed E-state index contributed by atoms with van der Waals surface area (Å²) in [5.74, 6) is 0. The summed E-state index contributed by atoms with van der Waals surface area (Å²) >= 11 is 0. The molecule has 29 heavy (non-hydrogen) atoms. The maximum atomic E-state index is 2.24. The van der Waals surface area contributed by atoms with Crippen molar-refractivity contribution in [3.8, 4) is 0 Å². The molecule has 0 spiro atoms. The van der Waals surface area contributed by atoms with E-state index in [0.29, 0.717) is 0 Å². The molecule has 0 amide bonds. The molecule has 0 bridgehead atoms. The average molecular weight is 510 g/mol. The van der Waals surface area contributed by atoms with Crippen LogP contribution in [-0.4, -0.2) is 9.52 Å². The van der Waals surface area contributed by atoms with Crippen LogP contribution in [0.25, 0.3) is 21.5 Å². The summed E-state index contributed by atoms with van der Waals surface area (Å²) in [5.41, 5.74) is 0. The zero-order valence-corrected chi connectivity index (χ0v) is 20.7. The van der Waals surface area contributed by atoms with E-state index in [-0.39, 0.29) is 51.0 Å². The standard InChI is InChI=1S/C13H9.C12H10Si.2ClH.Zr/c1-3-7-12-10(5-1)9-11-6-2-4-8-13(11)12;1-3-7-11(8-4-1)13-12-9-5-2-6-10-12;;;/h1-9H;1-10H;2*1H;/q-1;;;;+3/p-2. The molecule has 0 N–H and O–H groups in total. The Morgan fingerprint density at radius 1 is 0.448 bits per heavy atom. The molecule has 0 heterocycles. The Hall–Kier alpha value is -1.57. The largest absolute Gasteiger partial charge is 3.00 e. The Labute approximate surface area is 206 Å². The molecule has 0 aromatic heterocycles. The smallest absolute Gasteiger partial charge is 1.00 e. The fourth-order valence-corrected chi connectivity index (χ4v) is 4.17. The van der Waals surface area contributed by atoms with Gasteiger partial charge < -0.3 is 24.8 Å². The number of hydrogen-bond acceptors (Lipinski definition) is 0. The number of fused-ring (bicyclic) bond motifs is 3. The van der Waals surface area contributed by atoms with E-state index in [1.54, 1.807) is 0 Å². The predicted octanol–water partition coefficient (Wildman–Crippen LogP) is -0.941. The van der Waals surface area contributed by atoms with Crippen molar-refractivity contribution in [3.63, 3.8) is 0 Å². The Balaban J connectivity index is 0.000000263. The maximum Gasteiger partial charge on any atom is 3.00 e. The van der Waals surface area contributed by atoms with Crippen LogP contribution in [0.2, 0.25) is 0 Å². The summed E-state index contributed by atoms with van der Waals surface area (Å²) in [6.07, 6.45) is 0. The van der Waals surface area contributed by atoms with Gasteiger partial charge in [-0.2, -0.15) is 0 Å². The average Bonchev–Trinajstić information content (AvgIpc) is 3.09. The molecular formula is C25H19Cl2SiZr. The van der Waals surface area contributed by atoms with Crippen LogP contribution in [0.1, 0.15) is 0 Å². The van der Waals surface area contributed by atoms with Gasteiger partial charge in [-0.05, 0) is 0 Å². The van der Waals surface area contributed by atoms with Crippen molar-refractivity contribution in [1.82, 2.24) is 0 Å². The molecule has 0 aliphatic rings. The summed E-state index contributed by atoms with van der Waals surface area (Å²) in [5, 5.41) is 8.19. The molecule has 0 aliphatic heterocycles. The first-order valence-electron chi connectivity index (χ1n) is 8.80. The molecule has 0 aliphatic carbocycles. The van der Waals surface area contributed by atoms with Crippen LogP contribution in [0.4, 0.5) is 0 Å². The van der Waals surface area contributed by atoms with Crippen LogP contribution in [0, 0.1) is 0 Å². The monoisotopic (exact) mass is 507 g/mol. The second kappa shape index (κ2) is 12.9. The van der Waals surface area contributed by atoms with Crippen molar-refractivity contribution in [1.29, 1.82) is 0 Å². The molecule has 5 aromatic rings. The van der Waals surface area contributed by atoms with Crippen molar-refractivity contribution >= 4 is 41.4 Å². The van der Waals surface area contributed by atoms with E-state index in [2.05, 4.69) is 115 Å². The van der Waals surface area contributed by atoms with E-state index in [1.165, 1.54) is 31.9 Å². The number of hydrogen-bond donors (Lipinski definition) is 0. The van der Waals surface area contributed by atoms with Gasteiger partial charge in [0.05, 0.1) is 0 Å². The fraction of sp³-hybridized carbons (Fsp3) is 0. The normalized spacial score (nSPS) is 9.38. The van der Waals surface area contributed by atoms with Gasteiger partial charge in [0.25, 0.3) is 0 Å². The van der Waals surface area contributed by atoms with E-state index >= 15 is 0 Å². The summed E-state index contributed by atoms with van der Waals surface area (Å²) in [6, 6.07) is 40.4. The van der Waals surface area contributed by atoms with Crippen molar-refractivity contribution in [2.24, 2.45) is 0 Å². The van der Waals surface area contributed by atoms with Crippen LogP contribution in [0.15, 0.2) is 115 Å². The van der Waals surface area contributed by atoms with E-state index < -0.39 is 0 Å². The van der Waals surface area contributed by atoms with E-state index in [0.717, 1.165) is 9.52 Å². The minimum atomic E-state index is 0. The van der Waals surface area contributed by atoms with Crippen molar-refractivity contribution in [3.05, 3.63) is 115 Å². The van der Waals surface area contributed by atoms with Gasteiger partial charge in [-0.1, -0.05) is 107 Å². The third kappa shape index (κ3) is 6.73. The fourth-order valence-electron chi connectivity index (χ4n) is 3.11. The molecule has 0 unspecified atom stereocenters. The predicted molar refractivity (Wildman–Crippen MR) is 115 cm³/mol. The quantitative estimate of drug-likeness (QED) is 0.213. The Kier molecular flexibility index (Phi) is 11.3. The van der Waals surface area contributed by atoms with Gasteiger partial charge in [-0.15, -0.1) is 39.7 Å². The summed E-state index contributed by atoms with van der Waals surface area (Å²) < 4.78 is 0. The van der Waals surface area contributed by atoms with E-state index in [9.17, 15) is 0 Å². The van der Waals surface area contributed by atoms with Gasteiger partial charge in [-0.25, -0.2) is 0 Å². The molecule has 0 saturated carbocycles. The molecule has 0 saturated heterocycles. The first kappa shape index (κ1) is 25.5. The van der Waals surface area contributed by atoms with Crippen LogP contribution in [0.3, 0.4) is 0 Å². The molecular weight excluding hydrogens is 490 g/mol. The maximum absolute atomic E-state index is 2.24. The number of halogens is 2. The van der Waals surface area contributed by atoms with Crippen LogP contribution in [-0.2, 0) is 26.2 Å². The Morgan fingerprint density at radius 2 is 0.793 bits per heavy atom. The molecule has 141 valence electrons. The first-order chi connectivity index (χ1) is 12.9. The number of benzene rings is 4. The van der Waals surface area contributed by atoms with E-state index in [1.807, 2.05) is 0 Å². The molecule has 5 rings (SSSR count). The number of rotatable bonds is 2. The second-order valence-electron chi connectivity index (χ2n) is 6.18.